The molecule has 0 spiro atoms. The number of halogens is 1. The third-order valence-electron chi connectivity index (χ3n) is 2.70. The first-order chi connectivity index (χ1) is 8.16. The van der Waals surface area contributed by atoms with Crippen LogP contribution < -0.4 is 16.4 Å². The Bertz CT molecular complexity index is 418. The molecule has 92 valence electrons. The lowest BCUT2D eigenvalue weighted by molar-refractivity contribution is 0.0999. The Morgan fingerprint density at radius 1 is 1.41 bits per heavy atom. The van der Waals surface area contributed by atoms with Crippen LogP contribution in [0.25, 0.3) is 0 Å². The smallest absolute Gasteiger partial charge is 0.249 e. The van der Waals surface area contributed by atoms with Crippen LogP contribution >= 0.6 is 15.9 Å². The summed E-state index contributed by atoms with van der Waals surface area (Å²) < 4.78 is 0.727. The standard InChI is InChI=1S/C12H16BrN3O/c13-11-7-9(3-4-10(11)12(14)17)16-6-5-15-8-1-2-8/h3-4,7-8,15-16H,1-2,5-6H2,(H2,14,17). The minimum atomic E-state index is -0.418. The van der Waals surface area contributed by atoms with Crippen molar-refractivity contribution in [3.8, 4) is 0 Å². The van der Waals surface area contributed by atoms with Crippen molar-refractivity contribution in [1.82, 2.24) is 5.32 Å². The number of nitrogens with one attached hydrogen (secondary N) is 2. The highest BCUT2D eigenvalue weighted by Crippen LogP contribution is 2.21. The van der Waals surface area contributed by atoms with Gasteiger partial charge in [0.05, 0.1) is 5.56 Å². The zero-order chi connectivity index (χ0) is 12.3. The number of primary amides is 1. The van der Waals surface area contributed by atoms with E-state index < -0.39 is 5.91 Å². The van der Waals surface area contributed by atoms with Crippen LogP contribution in [0, 0.1) is 0 Å². The number of amides is 1. The zero-order valence-corrected chi connectivity index (χ0v) is 11.1. The lowest BCUT2D eigenvalue weighted by Gasteiger charge is -2.08. The van der Waals surface area contributed by atoms with Crippen LogP contribution in [-0.4, -0.2) is 25.0 Å². The van der Waals surface area contributed by atoms with Gasteiger partial charge in [0.1, 0.15) is 0 Å². The molecule has 1 aromatic rings. The number of carbonyl (C=O) groups excluding carboxylic acids is 1. The predicted octanol–water partition coefficient (Wildman–Crippen LogP) is 1.71. The maximum Gasteiger partial charge on any atom is 0.249 e. The van der Waals surface area contributed by atoms with Crippen LogP contribution in [0.4, 0.5) is 5.69 Å². The number of hydrogen-bond acceptors (Lipinski definition) is 3. The number of hydrogen-bond donors (Lipinski definition) is 3. The lowest BCUT2D eigenvalue weighted by atomic mass is 10.2. The van der Waals surface area contributed by atoms with Crippen molar-refractivity contribution in [1.29, 1.82) is 0 Å². The highest BCUT2D eigenvalue weighted by atomic mass is 79.9. The minimum Gasteiger partial charge on any atom is -0.384 e. The van der Waals surface area contributed by atoms with Gasteiger partial charge in [-0.2, -0.15) is 0 Å². The molecule has 1 amide bonds. The summed E-state index contributed by atoms with van der Waals surface area (Å²) >= 11 is 3.33. The summed E-state index contributed by atoms with van der Waals surface area (Å²) in [6.07, 6.45) is 2.61. The van der Waals surface area contributed by atoms with Gasteiger partial charge in [-0.3, -0.25) is 4.79 Å². The lowest BCUT2D eigenvalue weighted by Crippen LogP contribution is -2.23. The molecule has 1 fully saturated rings. The third kappa shape index (κ3) is 3.71. The first-order valence-corrected chi connectivity index (χ1v) is 6.53. The summed E-state index contributed by atoms with van der Waals surface area (Å²) in [5, 5.41) is 6.71. The van der Waals surface area contributed by atoms with Gasteiger partial charge in [-0.1, -0.05) is 0 Å². The molecule has 0 aromatic heterocycles. The first-order valence-electron chi connectivity index (χ1n) is 5.73. The van der Waals surface area contributed by atoms with Crippen molar-refractivity contribution in [3.05, 3.63) is 28.2 Å². The fourth-order valence-corrected chi connectivity index (χ4v) is 2.17. The van der Waals surface area contributed by atoms with Gasteiger partial charge < -0.3 is 16.4 Å². The summed E-state index contributed by atoms with van der Waals surface area (Å²) in [5.41, 5.74) is 6.72. The molecule has 0 aliphatic heterocycles. The Kier molecular flexibility index (Phi) is 4.02. The number of benzene rings is 1. The fourth-order valence-electron chi connectivity index (χ4n) is 1.60. The van der Waals surface area contributed by atoms with Crippen LogP contribution in [0.3, 0.4) is 0 Å². The van der Waals surface area contributed by atoms with Crippen molar-refractivity contribution >= 4 is 27.5 Å². The van der Waals surface area contributed by atoms with Crippen molar-refractivity contribution in [2.75, 3.05) is 18.4 Å². The molecule has 17 heavy (non-hydrogen) atoms. The van der Waals surface area contributed by atoms with Crippen LogP contribution in [-0.2, 0) is 0 Å². The van der Waals surface area contributed by atoms with Crippen LogP contribution in [0.5, 0.6) is 0 Å². The topological polar surface area (TPSA) is 67.2 Å². The summed E-state index contributed by atoms with van der Waals surface area (Å²) in [4.78, 5) is 11.0. The molecule has 0 unspecified atom stereocenters. The summed E-state index contributed by atoms with van der Waals surface area (Å²) in [6, 6.07) is 6.20. The second-order valence-corrected chi connectivity index (χ2v) is 5.07. The molecule has 1 saturated carbocycles. The van der Waals surface area contributed by atoms with Crippen molar-refractivity contribution in [2.24, 2.45) is 5.73 Å². The molecule has 4 N–H and O–H groups in total. The van der Waals surface area contributed by atoms with Gasteiger partial charge in [0.25, 0.3) is 0 Å². The maximum atomic E-state index is 11.0. The molecule has 4 nitrogen and oxygen atoms in total. The Labute approximate surface area is 109 Å². The van der Waals surface area contributed by atoms with E-state index in [1.807, 2.05) is 12.1 Å². The summed E-state index contributed by atoms with van der Waals surface area (Å²) in [5.74, 6) is -0.418. The van der Waals surface area contributed by atoms with E-state index in [0.29, 0.717) is 5.56 Å². The molecule has 0 bridgehead atoms. The van der Waals surface area contributed by atoms with Crippen molar-refractivity contribution < 1.29 is 4.79 Å². The maximum absolute atomic E-state index is 11.0. The van der Waals surface area contributed by atoms with Crippen molar-refractivity contribution in [3.63, 3.8) is 0 Å². The number of anilines is 1. The van der Waals surface area contributed by atoms with E-state index in [4.69, 9.17) is 5.73 Å². The van der Waals surface area contributed by atoms with E-state index in [1.165, 1.54) is 12.8 Å². The van der Waals surface area contributed by atoms with Gasteiger partial charge in [0, 0.05) is 29.3 Å². The molecule has 2 rings (SSSR count). The molecule has 5 heteroatoms. The highest BCUT2D eigenvalue weighted by molar-refractivity contribution is 9.10. The van der Waals surface area contributed by atoms with E-state index in [9.17, 15) is 4.79 Å². The molecule has 0 saturated heterocycles. The zero-order valence-electron chi connectivity index (χ0n) is 9.50. The fraction of sp³-hybridized carbons (Fsp3) is 0.417. The second kappa shape index (κ2) is 5.51. The van der Waals surface area contributed by atoms with Gasteiger partial charge in [-0.25, -0.2) is 0 Å². The predicted molar refractivity (Wildman–Crippen MR) is 72.2 cm³/mol. The average molecular weight is 298 g/mol. The highest BCUT2D eigenvalue weighted by Gasteiger charge is 2.19. The van der Waals surface area contributed by atoms with Crippen LogP contribution in [0.15, 0.2) is 22.7 Å². The Balaban J connectivity index is 1.83. The quantitative estimate of drug-likeness (QED) is 0.700. The van der Waals surface area contributed by atoms with E-state index in [-0.39, 0.29) is 0 Å². The molecule has 0 heterocycles. The Hall–Kier alpha value is -1.07. The first kappa shape index (κ1) is 12.4. The molecular weight excluding hydrogens is 282 g/mol. The van der Waals surface area contributed by atoms with Gasteiger partial charge in [-0.15, -0.1) is 0 Å². The number of carbonyl (C=O) groups is 1. The number of rotatable bonds is 6. The van der Waals surface area contributed by atoms with Crippen LogP contribution in [0.2, 0.25) is 0 Å². The minimum absolute atomic E-state index is 0.418. The van der Waals surface area contributed by atoms with Crippen LogP contribution in [0.1, 0.15) is 23.2 Å². The molecule has 1 aliphatic carbocycles. The normalized spacial score (nSPS) is 14.6. The third-order valence-corrected chi connectivity index (χ3v) is 3.36. The molecule has 0 atom stereocenters. The Morgan fingerprint density at radius 2 is 2.18 bits per heavy atom. The van der Waals surface area contributed by atoms with Gasteiger partial charge in [-0.05, 0) is 47.0 Å². The molecule has 1 aliphatic rings. The SMILES string of the molecule is NC(=O)c1ccc(NCCNC2CC2)cc1Br. The van der Waals surface area contributed by atoms with E-state index >= 15 is 0 Å². The molecule has 1 aromatic carbocycles. The monoisotopic (exact) mass is 297 g/mol. The van der Waals surface area contributed by atoms with Gasteiger partial charge in [0.2, 0.25) is 5.91 Å². The molecule has 0 radical (unpaired) electrons. The van der Waals surface area contributed by atoms with Gasteiger partial charge >= 0.3 is 0 Å². The summed E-state index contributed by atoms with van der Waals surface area (Å²) in [6.45, 7) is 1.83. The average Bonchev–Trinajstić information content (AvgIpc) is 3.08. The van der Waals surface area contributed by atoms with Gasteiger partial charge in [0.15, 0.2) is 0 Å². The second-order valence-electron chi connectivity index (χ2n) is 4.21. The van der Waals surface area contributed by atoms with Crippen molar-refractivity contribution in [2.45, 2.75) is 18.9 Å². The Morgan fingerprint density at radius 3 is 2.76 bits per heavy atom. The largest absolute Gasteiger partial charge is 0.384 e. The van der Waals surface area contributed by atoms with E-state index in [0.717, 1.165) is 29.3 Å². The number of nitrogens with two attached hydrogens (primary N) is 1. The van der Waals surface area contributed by atoms with E-state index in [1.54, 1.807) is 6.07 Å². The molecular formula is C12H16BrN3O. The summed E-state index contributed by atoms with van der Waals surface area (Å²) in [7, 11) is 0. The van der Waals surface area contributed by atoms with E-state index in [2.05, 4.69) is 26.6 Å².